The van der Waals surface area contributed by atoms with E-state index in [-0.39, 0.29) is 26.8 Å². The Morgan fingerprint density at radius 2 is 1.27 bits per heavy atom. The number of fused-ring (bicyclic) bond motifs is 4. The van der Waals surface area contributed by atoms with E-state index < -0.39 is 0 Å². The number of pyridine rings is 2. The van der Waals surface area contributed by atoms with E-state index in [0.29, 0.717) is 11.3 Å². The van der Waals surface area contributed by atoms with Crippen molar-refractivity contribution in [1.29, 1.82) is 0 Å². The molecule has 0 aliphatic heterocycles. The predicted molar refractivity (Wildman–Crippen MR) is 196 cm³/mol. The molecular formula is C44H28N3OPt-. The predicted octanol–water partition coefficient (Wildman–Crippen LogP) is 10.9. The summed E-state index contributed by atoms with van der Waals surface area (Å²) in [6.45, 7) is 0. The normalized spacial score (nSPS) is 11.2. The maximum Gasteiger partial charge on any atom is 0.144 e. The molecule has 0 spiro atoms. The summed E-state index contributed by atoms with van der Waals surface area (Å²) in [5.41, 5.74) is 9.95. The third-order valence-corrected chi connectivity index (χ3v) is 9.02. The topological polar surface area (TPSA) is 50.9 Å². The van der Waals surface area contributed by atoms with Gasteiger partial charge in [0.15, 0.2) is 0 Å². The van der Waals surface area contributed by atoms with Crippen LogP contribution in [0.2, 0.25) is 0 Å². The molecule has 0 atom stereocenters. The third-order valence-electron chi connectivity index (χ3n) is 9.02. The van der Waals surface area contributed by atoms with Crippen LogP contribution in [0.5, 0.6) is 5.75 Å². The van der Waals surface area contributed by atoms with Crippen LogP contribution in [-0.4, -0.2) is 19.6 Å². The van der Waals surface area contributed by atoms with Gasteiger partial charge >= 0.3 is 0 Å². The van der Waals surface area contributed by atoms with Crippen molar-refractivity contribution in [3.8, 4) is 56.2 Å². The second kappa shape index (κ2) is 12.6. The standard InChI is InChI=1S/C44H28N3O.Pt/c48-43-22-21-33(29-10-2-1-3-11-29)26-39(43)41-28-35(32-20-19-30-12-4-5-13-31(30)24-32)27-40(46-41)34-14-8-15-36(25-34)47-42-18-7-6-16-37(42)38-17-9-23-45-44(38)47;/h1-24,26-28,48H;/q-1;. The van der Waals surface area contributed by atoms with E-state index >= 15 is 0 Å². The number of nitrogens with zero attached hydrogens (tertiary/aromatic N) is 3. The van der Waals surface area contributed by atoms with E-state index in [0.717, 1.165) is 66.5 Å². The Labute approximate surface area is 298 Å². The van der Waals surface area contributed by atoms with Crippen LogP contribution >= 0.6 is 0 Å². The molecule has 9 aromatic rings. The Hall–Kier alpha value is -5.83. The van der Waals surface area contributed by atoms with Crippen molar-refractivity contribution in [1.82, 2.24) is 14.5 Å². The minimum absolute atomic E-state index is 0. The summed E-state index contributed by atoms with van der Waals surface area (Å²) in [7, 11) is 0. The first kappa shape index (κ1) is 30.5. The smallest absolute Gasteiger partial charge is 0.144 e. The number of para-hydroxylation sites is 1. The second-order valence-electron chi connectivity index (χ2n) is 12.0. The van der Waals surface area contributed by atoms with Crippen LogP contribution in [0.1, 0.15) is 0 Å². The number of phenols is 1. The molecule has 0 unspecified atom stereocenters. The molecule has 4 nitrogen and oxygen atoms in total. The van der Waals surface area contributed by atoms with Gasteiger partial charge < -0.3 is 9.67 Å². The number of phenolic OH excluding ortho intramolecular Hbond substituents is 1. The molecule has 0 bridgehead atoms. The molecule has 5 heteroatoms. The summed E-state index contributed by atoms with van der Waals surface area (Å²) in [4.78, 5) is 9.96. The van der Waals surface area contributed by atoms with Crippen molar-refractivity contribution in [2.45, 2.75) is 0 Å². The van der Waals surface area contributed by atoms with E-state index in [1.165, 1.54) is 5.39 Å². The summed E-state index contributed by atoms with van der Waals surface area (Å²) < 4.78 is 2.16. The summed E-state index contributed by atoms with van der Waals surface area (Å²) >= 11 is 0. The first-order chi connectivity index (χ1) is 23.7. The minimum Gasteiger partial charge on any atom is -0.507 e. The quantitative estimate of drug-likeness (QED) is 0.176. The van der Waals surface area contributed by atoms with Crippen LogP contribution < -0.4 is 0 Å². The first-order valence-electron chi connectivity index (χ1n) is 16.0. The second-order valence-corrected chi connectivity index (χ2v) is 12.0. The Bertz CT molecular complexity index is 2590. The number of aromatic nitrogens is 3. The average molecular weight is 810 g/mol. The summed E-state index contributed by atoms with van der Waals surface area (Å²) in [5, 5.41) is 15.8. The Morgan fingerprint density at radius 3 is 2.16 bits per heavy atom. The van der Waals surface area contributed by atoms with Gasteiger partial charge in [0.2, 0.25) is 0 Å². The van der Waals surface area contributed by atoms with Crippen LogP contribution in [0.4, 0.5) is 0 Å². The SMILES string of the molecule is Oc1ccc(-c2ccccc2)cc1-c1cc(-c2ccc3ccccc3c2)cc(-c2[c-]c(-n3c4ccccc4c4cccnc43)ccc2)n1.[Pt]. The van der Waals surface area contributed by atoms with Gasteiger partial charge in [0.1, 0.15) is 11.4 Å². The van der Waals surface area contributed by atoms with E-state index in [4.69, 9.17) is 9.97 Å². The van der Waals surface area contributed by atoms with Crippen LogP contribution in [0.25, 0.3) is 83.2 Å². The van der Waals surface area contributed by atoms with Crippen LogP contribution in [0, 0.1) is 6.07 Å². The van der Waals surface area contributed by atoms with Crippen molar-refractivity contribution < 1.29 is 26.2 Å². The molecular weight excluding hydrogens is 782 g/mol. The van der Waals surface area contributed by atoms with E-state index in [2.05, 4.69) is 114 Å². The number of benzene rings is 6. The van der Waals surface area contributed by atoms with Gasteiger partial charge in [0.05, 0.1) is 11.2 Å². The molecule has 49 heavy (non-hydrogen) atoms. The monoisotopic (exact) mass is 809 g/mol. The summed E-state index contributed by atoms with van der Waals surface area (Å²) in [6.07, 6.45) is 1.83. The van der Waals surface area contributed by atoms with Crippen LogP contribution in [-0.2, 0) is 21.1 Å². The summed E-state index contributed by atoms with van der Waals surface area (Å²) in [6, 6.07) is 57.3. The first-order valence-corrected chi connectivity index (χ1v) is 16.0. The van der Waals surface area contributed by atoms with Crippen molar-refractivity contribution >= 4 is 32.7 Å². The molecule has 0 fully saturated rings. The zero-order chi connectivity index (χ0) is 32.0. The van der Waals surface area contributed by atoms with Gasteiger partial charge in [-0.05, 0) is 86.9 Å². The fourth-order valence-corrected chi connectivity index (χ4v) is 6.67. The van der Waals surface area contributed by atoms with Crippen molar-refractivity contribution in [2.24, 2.45) is 0 Å². The molecule has 0 radical (unpaired) electrons. The van der Waals surface area contributed by atoms with Gasteiger partial charge in [-0.2, -0.15) is 0 Å². The number of hydrogen-bond donors (Lipinski definition) is 1. The number of rotatable bonds is 5. The molecule has 9 rings (SSSR count). The summed E-state index contributed by atoms with van der Waals surface area (Å²) in [5.74, 6) is 0.179. The van der Waals surface area contributed by atoms with Gasteiger partial charge in [0, 0.05) is 43.6 Å². The molecule has 6 aromatic carbocycles. The Morgan fingerprint density at radius 1 is 0.531 bits per heavy atom. The molecule has 0 aliphatic carbocycles. The Balaban J connectivity index is 0.00000348. The van der Waals surface area contributed by atoms with Crippen LogP contribution in [0.15, 0.2) is 164 Å². The average Bonchev–Trinajstić information content (AvgIpc) is 3.49. The van der Waals surface area contributed by atoms with Crippen molar-refractivity contribution in [3.05, 3.63) is 170 Å². The fourth-order valence-electron chi connectivity index (χ4n) is 6.67. The zero-order valence-corrected chi connectivity index (χ0v) is 28.5. The molecule has 0 amide bonds. The van der Waals surface area contributed by atoms with Gasteiger partial charge in [-0.25, -0.2) is 4.98 Å². The largest absolute Gasteiger partial charge is 0.507 e. The molecule has 3 aromatic heterocycles. The molecule has 236 valence electrons. The minimum atomic E-state index is 0. The fraction of sp³-hybridized carbons (Fsp3) is 0. The third kappa shape index (κ3) is 5.51. The van der Waals surface area contributed by atoms with Gasteiger partial charge in [0.25, 0.3) is 0 Å². The molecule has 0 saturated carbocycles. The van der Waals surface area contributed by atoms with Crippen molar-refractivity contribution in [2.75, 3.05) is 0 Å². The zero-order valence-electron chi connectivity index (χ0n) is 26.2. The number of aromatic hydroxyl groups is 1. The molecule has 3 heterocycles. The Kier molecular flexibility index (Phi) is 7.87. The van der Waals surface area contributed by atoms with Crippen LogP contribution in [0.3, 0.4) is 0 Å². The van der Waals surface area contributed by atoms with E-state index in [9.17, 15) is 5.11 Å². The van der Waals surface area contributed by atoms with Gasteiger partial charge in [-0.15, -0.1) is 29.8 Å². The molecule has 0 saturated heterocycles. The number of hydrogen-bond acceptors (Lipinski definition) is 3. The van der Waals surface area contributed by atoms with Crippen molar-refractivity contribution in [3.63, 3.8) is 0 Å². The van der Waals surface area contributed by atoms with E-state index in [1.807, 2.05) is 54.7 Å². The maximum absolute atomic E-state index is 11.2. The molecule has 1 N–H and O–H groups in total. The van der Waals surface area contributed by atoms with Gasteiger partial charge in [-0.1, -0.05) is 97.1 Å². The van der Waals surface area contributed by atoms with E-state index in [1.54, 1.807) is 6.07 Å². The van der Waals surface area contributed by atoms with Gasteiger partial charge in [-0.3, -0.25) is 4.98 Å². The maximum atomic E-state index is 11.2. The molecule has 0 aliphatic rings.